The first kappa shape index (κ1) is 18.1. The molecule has 1 aliphatic heterocycles. The predicted octanol–water partition coefficient (Wildman–Crippen LogP) is 4.37. The third kappa shape index (κ3) is 3.14. The molecule has 0 N–H and O–H groups in total. The van der Waals surface area contributed by atoms with Gasteiger partial charge in [-0.25, -0.2) is 4.98 Å². The number of amides is 1. The number of anilines is 1. The molecule has 2 aromatic heterocycles. The van der Waals surface area contributed by atoms with Crippen LogP contribution in [0, 0.1) is 0 Å². The van der Waals surface area contributed by atoms with Gasteiger partial charge < -0.3 is 4.90 Å². The second kappa shape index (κ2) is 7.13. The lowest BCUT2D eigenvalue weighted by Gasteiger charge is -2.17. The van der Waals surface area contributed by atoms with E-state index in [-0.39, 0.29) is 18.0 Å². The zero-order valence-corrected chi connectivity index (χ0v) is 16.9. The largest absolute Gasteiger partial charge is 0.310 e. The summed E-state index contributed by atoms with van der Waals surface area (Å²) in [4.78, 5) is 32.9. The number of thiophene rings is 1. The summed E-state index contributed by atoms with van der Waals surface area (Å²) in [6, 6.07) is 15.2. The van der Waals surface area contributed by atoms with Crippen LogP contribution in [0.1, 0.15) is 5.56 Å². The zero-order valence-electron chi connectivity index (χ0n) is 15.3. The van der Waals surface area contributed by atoms with E-state index in [0.29, 0.717) is 21.8 Å². The normalized spacial score (nSPS) is 13.1. The van der Waals surface area contributed by atoms with Crippen molar-refractivity contribution in [1.29, 1.82) is 0 Å². The number of nitrogens with zero attached hydrogens (tertiary/aromatic N) is 3. The van der Waals surface area contributed by atoms with Gasteiger partial charge in [-0.2, -0.15) is 0 Å². The number of rotatable bonds is 3. The summed E-state index contributed by atoms with van der Waals surface area (Å²) in [7, 11) is 0. The van der Waals surface area contributed by atoms with Crippen molar-refractivity contribution in [2.24, 2.45) is 0 Å². The Balaban J connectivity index is 1.51. The van der Waals surface area contributed by atoms with Crippen molar-refractivity contribution in [3.8, 4) is 11.1 Å². The van der Waals surface area contributed by atoms with Gasteiger partial charge in [-0.3, -0.25) is 14.2 Å². The van der Waals surface area contributed by atoms with Gasteiger partial charge >= 0.3 is 0 Å². The van der Waals surface area contributed by atoms with Crippen LogP contribution >= 0.6 is 22.9 Å². The summed E-state index contributed by atoms with van der Waals surface area (Å²) in [6.07, 6.45) is 2.30. The monoisotopic (exact) mass is 421 g/mol. The van der Waals surface area contributed by atoms with Crippen LogP contribution in [0.5, 0.6) is 0 Å². The highest BCUT2D eigenvalue weighted by Gasteiger charge is 2.25. The molecule has 0 unspecified atom stereocenters. The number of halogens is 1. The molecule has 1 amide bonds. The Hall–Kier alpha value is -2.96. The molecule has 4 aromatic rings. The molecule has 0 saturated heterocycles. The van der Waals surface area contributed by atoms with Crippen LogP contribution in [0.3, 0.4) is 0 Å². The molecule has 7 heteroatoms. The minimum atomic E-state index is -0.206. The van der Waals surface area contributed by atoms with Crippen LogP contribution in [0.4, 0.5) is 5.69 Å². The Labute approximate surface area is 175 Å². The molecular weight excluding hydrogens is 406 g/mol. The molecule has 0 radical (unpaired) electrons. The second-order valence-corrected chi connectivity index (χ2v) is 8.23. The van der Waals surface area contributed by atoms with Crippen molar-refractivity contribution in [3.63, 3.8) is 0 Å². The van der Waals surface area contributed by atoms with E-state index in [2.05, 4.69) is 4.98 Å². The Morgan fingerprint density at radius 1 is 1.14 bits per heavy atom. The number of para-hydroxylation sites is 1. The standard InChI is InChI=1S/C22H16ClN3O2S/c23-16-7-5-14(6-8-16)17-12-29-21-20(17)22(28)25(13-24-21)11-19(27)26-10-9-15-3-1-2-4-18(15)26/h1-8,12-13H,9-11H2. The minimum absolute atomic E-state index is 0.0357. The lowest BCUT2D eigenvalue weighted by molar-refractivity contribution is -0.119. The van der Waals surface area contributed by atoms with E-state index < -0.39 is 0 Å². The Bertz CT molecular complexity index is 1290. The molecule has 0 fully saturated rings. The molecule has 0 atom stereocenters. The van der Waals surface area contributed by atoms with Crippen LogP contribution < -0.4 is 10.5 Å². The maximum Gasteiger partial charge on any atom is 0.263 e. The smallest absolute Gasteiger partial charge is 0.263 e. The highest BCUT2D eigenvalue weighted by molar-refractivity contribution is 7.17. The van der Waals surface area contributed by atoms with Crippen molar-refractivity contribution < 1.29 is 4.79 Å². The number of hydrogen-bond donors (Lipinski definition) is 0. The van der Waals surface area contributed by atoms with Crippen molar-refractivity contribution in [2.75, 3.05) is 11.4 Å². The van der Waals surface area contributed by atoms with Gasteiger partial charge in [0.05, 0.1) is 11.7 Å². The number of aromatic nitrogens is 2. The lowest BCUT2D eigenvalue weighted by Crippen LogP contribution is -2.35. The molecule has 3 heterocycles. The van der Waals surface area contributed by atoms with E-state index in [4.69, 9.17) is 11.6 Å². The van der Waals surface area contributed by atoms with Crippen molar-refractivity contribution in [1.82, 2.24) is 9.55 Å². The highest BCUT2D eigenvalue weighted by atomic mass is 35.5. The summed E-state index contributed by atoms with van der Waals surface area (Å²) in [5.41, 5.74) is 3.59. The molecule has 0 bridgehead atoms. The highest BCUT2D eigenvalue weighted by Crippen LogP contribution is 2.31. The van der Waals surface area contributed by atoms with E-state index >= 15 is 0 Å². The van der Waals surface area contributed by atoms with Gasteiger partial charge in [0.1, 0.15) is 11.4 Å². The van der Waals surface area contributed by atoms with Gasteiger partial charge in [-0.05, 0) is 35.7 Å². The van der Waals surface area contributed by atoms with E-state index in [0.717, 1.165) is 28.8 Å². The average molecular weight is 422 g/mol. The van der Waals surface area contributed by atoms with E-state index in [1.54, 1.807) is 17.0 Å². The summed E-state index contributed by atoms with van der Waals surface area (Å²) in [6.45, 7) is 0.600. The molecule has 5 nitrogen and oxygen atoms in total. The van der Waals surface area contributed by atoms with Crippen LogP contribution in [-0.4, -0.2) is 22.0 Å². The maximum absolute atomic E-state index is 13.2. The van der Waals surface area contributed by atoms with Crippen LogP contribution in [0.2, 0.25) is 5.02 Å². The Kier molecular flexibility index (Phi) is 4.45. The van der Waals surface area contributed by atoms with Crippen LogP contribution in [-0.2, 0) is 17.8 Å². The quantitative estimate of drug-likeness (QED) is 0.493. The van der Waals surface area contributed by atoms with Gasteiger partial charge in [0.25, 0.3) is 5.56 Å². The van der Waals surface area contributed by atoms with Gasteiger partial charge in [0.2, 0.25) is 5.91 Å². The summed E-state index contributed by atoms with van der Waals surface area (Å²) in [5.74, 6) is -0.110. The lowest BCUT2D eigenvalue weighted by atomic mass is 10.1. The predicted molar refractivity (Wildman–Crippen MR) is 117 cm³/mol. The van der Waals surface area contributed by atoms with Crippen molar-refractivity contribution in [3.05, 3.63) is 81.2 Å². The van der Waals surface area contributed by atoms with E-state index in [9.17, 15) is 9.59 Å². The first-order chi connectivity index (χ1) is 14.1. The Morgan fingerprint density at radius 3 is 2.76 bits per heavy atom. The van der Waals surface area contributed by atoms with E-state index in [1.807, 2.05) is 41.8 Å². The topological polar surface area (TPSA) is 55.2 Å². The van der Waals surface area contributed by atoms with Crippen molar-refractivity contribution in [2.45, 2.75) is 13.0 Å². The fraction of sp³-hybridized carbons (Fsp3) is 0.136. The molecule has 1 aliphatic rings. The SMILES string of the molecule is O=C(Cn1cnc2scc(-c3ccc(Cl)cc3)c2c1=O)N1CCc2ccccc21. The number of benzene rings is 2. The first-order valence-corrected chi connectivity index (χ1v) is 10.5. The number of carbonyl (C=O) groups excluding carboxylic acids is 1. The first-order valence-electron chi connectivity index (χ1n) is 9.22. The van der Waals surface area contributed by atoms with Crippen LogP contribution in [0.15, 0.2) is 65.0 Å². The van der Waals surface area contributed by atoms with Crippen molar-refractivity contribution >= 4 is 44.7 Å². The fourth-order valence-corrected chi connectivity index (χ4v) is 4.78. The van der Waals surface area contributed by atoms with Gasteiger partial charge in [0.15, 0.2) is 0 Å². The molecule has 0 spiro atoms. The summed E-state index contributed by atoms with van der Waals surface area (Å²) in [5, 5.41) is 3.10. The molecule has 2 aromatic carbocycles. The molecule has 144 valence electrons. The number of hydrogen-bond acceptors (Lipinski definition) is 4. The second-order valence-electron chi connectivity index (χ2n) is 6.94. The average Bonchev–Trinajstić information content (AvgIpc) is 3.35. The third-order valence-electron chi connectivity index (χ3n) is 5.21. The zero-order chi connectivity index (χ0) is 20.0. The maximum atomic E-state index is 13.2. The van der Waals surface area contributed by atoms with Gasteiger partial charge in [-0.1, -0.05) is 41.9 Å². The third-order valence-corrected chi connectivity index (χ3v) is 6.35. The number of carbonyl (C=O) groups is 1. The fourth-order valence-electron chi connectivity index (χ4n) is 3.75. The van der Waals surface area contributed by atoms with E-state index in [1.165, 1.54) is 22.2 Å². The van der Waals surface area contributed by atoms with Crippen LogP contribution in [0.25, 0.3) is 21.3 Å². The molecule has 0 aliphatic carbocycles. The molecule has 5 rings (SSSR count). The molecular formula is C22H16ClN3O2S. The minimum Gasteiger partial charge on any atom is -0.310 e. The van der Waals surface area contributed by atoms with Gasteiger partial charge in [0, 0.05) is 28.2 Å². The number of fused-ring (bicyclic) bond motifs is 2. The van der Waals surface area contributed by atoms with Gasteiger partial charge in [-0.15, -0.1) is 11.3 Å². The summed E-state index contributed by atoms with van der Waals surface area (Å²) >= 11 is 7.40. The molecule has 29 heavy (non-hydrogen) atoms. The summed E-state index contributed by atoms with van der Waals surface area (Å²) < 4.78 is 1.40. The Morgan fingerprint density at radius 2 is 1.93 bits per heavy atom. The molecule has 0 saturated carbocycles.